The summed E-state index contributed by atoms with van der Waals surface area (Å²) in [6, 6.07) is 2.06. The molecule has 0 aliphatic carbocycles. The number of aromatic nitrogens is 1. The Hall–Kier alpha value is -1.62. The first-order valence-corrected chi connectivity index (χ1v) is 6.08. The summed E-state index contributed by atoms with van der Waals surface area (Å²) in [5.41, 5.74) is 7.35. The fourth-order valence-corrected chi connectivity index (χ4v) is 2.10. The lowest BCUT2D eigenvalue weighted by Gasteiger charge is -2.30. The molecular weight excluding hydrogens is 228 g/mol. The van der Waals surface area contributed by atoms with Gasteiger partial charge in [-0.2, -0.15) is 0 Å². The maximum atomic E-state index is 7.71. The van der Waals surface area contributed by atoms with Crippen LogP contribution in [0.5, 0.6) is 0 Å². The molecule has 5 nitrogen and oxygen atoms in total. The van der Waals surface area contributed by atoms with E-state index in [0.29, 0.717) is 12.2 Å². The SMILES string of the molecule is CCN(c1nccc(C)c1C(=N)N)C(C)COC. The number of nitrogen functional groups attached to an aromatic ring is 1. The Balaban J connectivity index is 3.21. The van der Waals surface area contributed by atoms with Crippen LogP contribution in [-0.4, -0.2) is 37.1 Å². The second-order valence-corrected chi connectivity index (χ2v) is 4.33. The number of nitrogens with two attached hydrogens (primary N) is 1. The van der Waals surface area contributed by atoms with Gasteiger partial charge < -0.3 is 15.4 Å². The molecule has 18 heavy (non-hydrogen) atoms. The number of aryl methyl sites for hydroxylation is 1. The normalized spacial score (nSPS) is 12.2. The number of rotatable bonds is 6. The number of nitrogens with zero attached hydrogens (tertiary/aromatic N) is 2. The Labute approximate surface area is 108 Å². The molecule has 100 valence electrons. The second-order valence-electron chi connectivity index (χ2n) is 4.33. The third kappa shape index (κ3) is 2.98. The molecule has 0 radical (unpaired) electrons. The Morgan fingerprint density at radius 2 is 2.28 bits per heavy atom. The number of pyridine rings is 1. The van der Waals surface area contributed by atoms with Crippen molar-refractivity contribution < 1.29 is 4.74 Å². The number of hydrogen-bond donors (Lipinski definition) is 2. The van der Waals surface area contributed by atoms with Crippen molar-refractivity contribution >= 4 is 11.7 Å². The van der Waals surface area contributed by atoms with E-state index in [1.807, 2.05) is 13.0 Å². The van der Waals surface area contributed by atoms with E-state index < -0.39 is 0 Å². The van der Waals surface area contributed by atoms with Crippen LogP contribution in [0.25, 0.3) is 0 Å². The van der Waals surface area contributed by atoms with Crippen LogP contribution < -0.4 is 10.6 Å². The van der Waals surface area contributed by atoms with Gasteiger partial charge in [-0.3, -0.25) is 5.41 Å². The van der Waals surface area contributed by atoms with Crippen molar-refractivity contribution in [2.24, 2.45) is 5.73 Å². The van der Waals surface area contributed by atoms with Crippen LogP contribution in [0.3, 0.4) is 0 Å². The molecule has 0 fully saturated rings. The van der Waals surface area contributed by atoms with Crippen LogP contribution in [0.1, 0.15) is 25.0 Å². The molecule has 1 aromatic heterocycles. The van der Waals surface area contributed by atoms with Gasteiger partial charge in [-0.1, -0.05) is 0 Å². The lowest BCUT2D eigenvalue weighted by molar-refractivity contribution is 0.181. The lowest BCUT2D eigenvalue weighted by atomic mass is 10.1. The highest BCUT2D eigenvalue weighted by atomic mass is 16.5. The van der Waals surface area contributed by atoms with E-state index in [-0.39, 0.29) is 11.9 Å². The number of nitrogens with one attached hydrogen (secondary N) is 1. The second kappa shape index (κ2) is 6.35. The number of methoxy groups -OCH3 is 1. The molecule has 5 heteroatoms. The van der Waals surface area contributed by atoms with Gasteiger partial charge in [0.15, 0.2) is 0 Å². The Bertz CT molecular complexity index is 419. The van der Waals surface area contributed by atoms with E-state index in [1.165, 1.54) is 0 Å². The zero-order chi connectivity index (χ0) is 13.7. The third-order valence-electron chi connectivity index (χ3n) is 2.96. The highest BCUT2D eigenvalue weighted by Gasteiger charge is 2.19. The minimum absolute atomic E-state index is 0.0543. The molecule has 0 aromatic carbocycles. The van der Waals surface area contributed by atoms with Crippen LogP contribution in [-0.2, 0) is 4.74 Å². The maximum Gasteiger partial charge on any atom is 0.140 e. The molecule has 3 N–H and O–H groups in total. The van der Waals surface area contributed by atoms with Gasteiger partial charge in [-0.15, -0.1) is 0 Å². The van der Waals surface area contributed by atoms with E-state index in [0.717, 1.165) is 17.9 Å². The van der Waals surface area contributed by atoms with Crippen molar-refractivity contribution in [2.45, 2.75) is 26.8 Å². The van der Waals surface area contributed by atoms with Gasteiger partial charge in [0.25, 0.3) is 0 Å². The molecule has 1 unspecified atom stereocenters. The summed E-state index contributed by atoms with van der Waals surface area (Å²) in [6.07, 6.45) is 1.75. The van der Waals surface area contributed by atoms with E-state index in [9.17, 15) is 0 Å². The van der Waals surface area contributed by atoms with Crippen molar-refractivity contribution in [3.05, 3.63) is 23.4 Å². The van der Waals surface area contributed by atoms with Gasteiger partial charge >= 0.3 is 0 Å². The number of likely N-dealkylation sites (N-methyl/N-ethyl adjacent to an activating group) is 1. The quantitative estimate of drug-likeness (QED) is 0.593. The highest BCUT2D eigenvalue weighted by Crippen LogP contribution is 2.22. The minimum atomic E-state index is 0.0543. The molecule has 1 aromatic rings. The summed E-state index contributed by atoms with van der Waals surface area (Å²) in [5.74, 6) is 0.813. The predicted molar refractivity (Wildman–Crippen MR) is 74.3 cm³/mol. The summed E-state index contributed by atoms with van der Waals surface area (Å²) in [7, 11) is 1.68. The van der Waals surface area contributed by atoms with Gasteiger partial charge in [0.1, 0.15) is 11.7 Å². The molecule has 0 saturated carbocycles. The zero-order valence-corrected chi connectivity index (χ0v) is 11.5. The maximum absolute atomic E-state index is 7.71. The van der Waals surface area contributed by atoms with Gasteiger partial charge in [-0.25, -0.2) is 4.98 Å². The van der Waals surface area contributed by atoms with Crippen molar-refractivity contribution in [3.63, 3.8) is 0 Å². The molecule has 0 bridgehead atoms. The molecule has 1 atom stereocenters. The molecule has 0 amide bonds. The average Bonchev–Trinajstić information content (AvgIpc) is 2.29. The highest BCUT2D eigenvalue weighted by molar-refractivity contribution is 6.01. The van der Waals surface area contributed by atoms with Crippen LogP contribution in [0.2, 0.25) is 0 Å². The largest absolute Gasteiger partial charge is 0.384 e. The first kappa shape index (κ1) is 14.4. The van der Waals surface area contributed by atoms with Crippen molar-refractivity contribution in [1.82, 2.24) is 4.98 Å². The average molecular weight is 250 g/mol. The van der Waals surface area contributed by atoms with Crippen molar-refractivity contribution in [3.8, 4) is 0 Å². The van der Waals surface area contributed by atoms with Crippen molar-refractivity contribution in [1.29, 1.82) is 5.41 Å². The number of ether oxygens (including phenoxy) is 1. The van der Waals surface area contributed by atoms with E-state index in [1.54, 1.807) is 13.3 Å². The zero-order valence-electron chi connectivity index (χ0n) is 11.5. The lowest BCUT2D eigenvalue weighted by Crippen LogP contribution is -2.38. The number of hydrogen-bond acceptors (Lipinski definition) is 4. The van der Waals surface area contributed by atoms with Gasteiger partial charge in [0.2, 0.25) is 0 Å². The molecule has 0 spiro atoms. The van der Waals surface area contributed by atoms with Crippen LogP contribution in [0, 0.1) is 12.3 Å². The summed E-state index contributed by atoms with van der Waals surface area (Å²) in [6.45, 7) is 7.47. The van der Waals surface area contributed by atoms with Crippen LogP contribution in [0.4, 0.5) is 5.82 Å². The van der Waals surface area contributed by atoms with Gasteiger partial charge in [0.05, 0.1) is 18.2 Å². The summed E-state index contributed by atoms with van der Waals surface area (Å²) in [5, 5.41) is 7.71. The monoisotopic (exact) mass is 250 g/mol. The molecule has 1 rings (SSSR count). The molecule has 0 saturated heterocycles. The van der Waals surface area contributed by atoms with E-state index >= 15 is 0 Å². The van der Waals surface area contributed by atoms with Gasteiger partial charge in [-0.05, 0) is 32.4 Å². The minimum Gasteiger partial charge on any atom is -0.384 e. The first-order chi connectivity index (χ1) is 8.52. The number of amidine groups is 1. The van der Waals surface area contributed by atoms with Crippen LogP contribution in [0.15, 0.2) is 12.3 Å². The fourth-order valence-electron chi connectivity index (χ4n) is 2.10. The summed E-state index contributed by atoms with van der Waals surface area (Å²) >= 11 is 0. The molecular formula is C13H22N4O. The summed E-state index contributed by atoms with van der Waals surface area (Å²) < 4.78 is 5.18. The Morgan fingerprint density at radius 3 is 2.78 bits per heavy atom. The van der Waals surface area contributed by atoms with Crippen molar-refractivity contribution in [2.75, 3.05) is 25.2 Å². The predicted octanol–water partition coefficient (Wildman–Crippen LogP) is 1.54. The van der Waals surface area contributed by atoms with Gasteiger partial charge in [0, 0.05) is 19.9 Å². The Kier molecular flexibility index (Phi) is 5.09. The number of anilines is 1. The van der Waals surface area contributed by atoms with E-state index in [4.69, 9.17) is 15.9 Å². The standard InChI is InChI=1S/C13H22N4O/c1-5-17(10(3)8-18-4)13-11(12(14)15)9(2)6-7-16-13/h6-7,10H,5,8H2,1-4H3,(H3,14,15). The fraction of sp³-hybridized carbons (Fsp3) is 0.538. The molecule has 0 aliphatic rings. The smallest absolute Gasteiger partial charge is 0.140 e. The third-order valence-corrected chi connectivity index (χ3v) is 2.96. The molecule has 0 aliphatic heterocycles. The van der Waals surface area contributed by atoms with E-state index in [2.05, 4.69) is 23.7 Å². The Morgan fingerprint density at radius 1 is 1.61 bits per heavy atom. The topological polar surface area (TPSA) is 75.2 Å². The summed E-state index contributed by atoms with van der Waals surface area (Å²) in [4.78, 5) is 6.49. The van der Waals surface area contributed by atoms with Crippen LogP contribution >= 0.6 is 0 Å². The molecule has 1 heterocycles. The first-order valence-electron chi connectivity index (χ1n) is 6.08.